The van der Waals surface area contributed by atoms with Crippen molar-refractivity contribution in [2.45, 2.75) is 24.2 Å². The molecule has 0 aliphatic heterocycles. The smallest absolute Gasteiger partial charge is 0.205 e. The van der Waals surface area contributed by atoms with Gasteiger partial charge in [-0.15, -0.1) is 23.4 Å². The lowest BCUT2D eigenvalue weighted by atomic mass is 10.1. The molecule has 0 spiro atoms. The standard InChI is InChI=1S/C11H13ClF2S/c1-15-10-7-9(11(13)14)5-4-8(10)3-2-6-12/h4-5,7,11H,2-3,6H2,1H3. The van der Waals surface area contributed by atoms with Crippen LogP contribution < -0.4 is 0 Å². The van der Waals surface area contributed by atoms with E-state index in [1.54, 1.807) is 12.1 Å². The lowest BCUT2D eigenvalue weighted by Gasteiger charge is -2.08. The summed E-state index contributed by atoms with van der Waals surface area (Å²) in [6.07, 6.45) is 1.24. The minimum absolute atomic E-state index is 0.0916. The molecular weight excluding hydrogens is 238 g/mol. The fourth-order valence-electron chi connectivity index (χ4n) is 1.36. The van der Waals surface area contributed by atoms with Gasteiger partial charge in [0.15, 0.2) is 0 Å². The van der Waals surface area contributed by atoms with E-state index in [-0.39, 0.29) is 5.56 Å². The molecule has 1 aromatic carbocycles. The van der Waals surface area contributed by atoms with Crippen molar-refractivity contribution < 1.29 is 8.78 Å². The third-order valence-corrected chi connectivity index (χ3v) is 3.23. The predicted molar refractivity (Wildman–Crippen MR) is 62.2 cm³/mol. The SMILES string of the molecule is CSc1cc(C(F)F)ccc1CCCCl. The van der Waals surface area contributed by atoms with E-state index in [2.05, 4.69) is 0 Å². The zero-order valence-electron chi connectivity index (χ0n) is 8.47. The Hall–Kier alpha value is -0.280. The maximum atomic E-state index is 12.4. The molecule has 15 heavy (non-hydrogen) atoms. The largest absolute Gasteiger partial charge is 0.263 e. The van der Waals surface area contributed by atoms with Crippen molar-refractivity contribution in [1.29, 1.82) is 0 Å². The molecule has 0 atom stereocenters. The van der Waals surface area contributed by atoms with Gasteiger partial charge in [-0.1, -0.05) is 12.1 Å². The summed E-state index contributed by atoms with van der Waals surface area (Å²) in [6.45, 7) is 0. The summed E-state index contributed by atoms with van der Waals surface area (Å²) in [5.41, 5.74) is 1.20. The Morgan fingerprint density at radius 3 is 2.67 bits per heavy atom. The molecule has 0 unspecified atom stereocenters. The van der Waals surface area contributed by atoms with Gasteiger partial charge in [0.2, 0.25) is 0 Å². The highest BCUT2D eigenvalue weighted by Gasteiger charge is 2.09. The fraction of sp³-hybridized carbons (Fsp3) is 0.455. The number of alkyl halides is 3. The molecule has 4 heteroatoms. The molecule has 0 aromatic heterocycles. The topological polar surface area (TPSA) is 0 Å². The quantitative estimate of drug-likeness (QED) is 0.547. The van der Waals surface area contributed by atoms with Crippen LogP contribution in [0.5, 0.6) is 0 Å². The lowest BCUT2D eigenvalue weighted by molar-refractivity contribution is 0.151. The van der Waals surface area contributed by atoms with Gasteiger partial charge >= 0.3 is 0 Å². The van der Waals surface area contributed by atoms with Crippen molar-refractivity contribution >= 4 is 23.4 Å². The third-order valence-electron chi connectivity index (χ3n) is 2.14. The first-order chi connectivity index (χ1) is 7.19. The summed E-state index contributed by atoms with van der Waals surface area (Å²) in [5, 5.41) is 0. The normalized spacial score (nSPS) is 11.0. The number of aryl methyl sites for hydroxylation is 1. The van der Waals surface area contributed by atoms with E-state index in [1.807, 2.05) is 6.26 Å². The zero-order chi connectivity index (χ0) is 11.3. The molecule has 0 nitrogen and oxygen atoms in total. The summed E-state index contributed by atoms with van der Waals surface area (Å²) >= 11 is 7.10. The van der Waals surface area contributed by atoms with Gasteiger partial charge in [0, 0.05) is 16.3 Å². The van der Waals surface area contributed by atoms with Crippen LogP contribution in [0.2, 0.25) is 0 Å². The van der Waals surface area contributed by atoms with Crippen molar-refractivity contribution in [2.75, 3.05) is 12.1 Å². The van der Waals surface area contributed by atoms with Crippen LogP contribution in [0.4, 0.5) is 8.78 Å². The number of rotatable bonds is 5. The first-order valence-corrected chi connectivity index (χ1v) is 6.46. The van der Waals surface area contributed by atoms with Crippen molar-refractivity contribution in [3.63, 3.8) is 0 Å². The molecule has 0 N–H and O–H groups in total. The summed E-state index contributed by atoms with van der Waals surface area (Å²) in [7, 11) is 0. The highest BCUT2D eigenvalue weighted by atomic mass is 35.5. The summed E-state index contributed by atoms with van der Waals surface area (Å²) in [5.74, 6) is 0.602. The molecule has 84 valence electrons. The Morgan fingerprint density at radius 2 is 2.13 bits per heavy atom. The van der Waals surface area contributed by atoms with Gasteiger partial charge in [-0.05, 0) is 30.7 Å². The Bertz CT molecular complexity index is 315. The molecule has 0 aliphatic rings. The third kappa shape index (κ3) is 3.65. The molecule has 0 bridgehead atoms. The first kappa shape index (κ1) is 12.8. The van der Waals surface area contributed by atoms with Crippen LogP contribution >= 0.6 is 23.4 Å². The average molecular weight is 251 g/mol. The Morgan fingerprint density at radius 1 is 1.40 bits per heavy atom. The fourth-order valence-corrected chi connectivity index (χ4v) is 2.18. The van der Waals surface area contributed by atoms with Crippen LogP contribution in [0.3, 0.4) is 0 Å². The van der Waals surface area contributed by atoms with Crippen molar-refractivity contribution in [2.24, 2.45) is 0 Å². The van der Waals surface area contributed by atoms with Gasteiger partial charge in [-0.25, -0.2) is 8.78 Å². The van der Waals surface area contributed by atoms with E-state index in [4.69, 9.17) is 11.6 Å². The van der Waals surface area contributed by atoms with E-state index in [0.717, 1.165) is 23.3 Å². The minimum atomic E-state index is -2.39. The first-order valence-electron chi connectivity index (χ1n) is 4.70. The molecule has 0 fully saturated rings. The van der Waals surface area contributed by atoms with Crippen LogP contribution in [-0.4, -0.2) is 12.1 Å². The maximum absolute atomic E-state index is 12.4. The molecular formula is C11H13ClF2S. The lowest BCUT2D eigenvalue weighted by Crippen LogP contribution is -1.92. The van der Waals surface area contributed by atoms with E-state index in [0.29, 0.717) is 5.88 Å². The summed E-state index contributed by atoms with van der Waals surface area (Å²) in [6, 6.07) is 4.84. The number of hydrogen-bond acceptors (Lipinski definition) is 1. The van der Waals surface area contributed by atoms with E-state index >= 15 is 0 Å². The highest BCUT2D eigenvalue weighted by Crippen LogP contribution is 2.27. The van der Waals surface area contributed by atoms with Crippen molar-refractivity contribution in [3.8, 4) is 0 Å². The van der Waals surface area contributed by atoms with Crippen molar-refractivity contribution in [3.05, 3.63) is 29.3 Å². The maximum Gasteiger partial charge on any atom is 0.263 e. The summed E-state index contributed by atoms with van der Waals surface area (Å²) < 4.78 is 24.9. The zero-order valence-corrected chi connectivity index (χ0v) is 10.0. The minimum Gasteiger partial charge on any atom is -0.205 e. The molecule has 0 saturated carbocycles. The highest BCUT2D eigenvalue weighted by molar-refractivity contribution is 7.98. The van der Waals surface area contributed by atoms with E-state index < -0.39 is 6.43 Å². The van der Waals surface area contributed by atoms with Gasteiger partial charge in [0.25, 0.3) is 6.43 Å². The van der Waals surface area contributed by atoms with Gasteiger partial charge in [-0.2, -0.15) is 0 Å². The van der Waals surface area contributed by atoms with Crippen LogP contribution in [0.15, 0.2) is 23.1 Å². The second-order valence-corrected chi connectivity index (χ2v) is 4.39. The van der Waals surface area contributed by atoms with Gasteiger partial charge in [0.1, 0.15) is 0 Å². The van der Waals surface area contributed by atoms with Crippen LogP contribution in [0, 0.1) is 0 Å². The number of halogens is 3. The molecule has 1 aromatic rings. The molecule has 0 aliphatic carbocycles. The Labute approximate surface area is 98.0 Å². The van der Waals surface area contributed by atoms with E-state index in [1.165, 1.54) is 17.8 Å². The molecule has 0 radical (unpaired) electrons. The second-order valence-electron chi connectivity index (χ2n) is 3.16. The van der Waals surface area contributed by atoms with Crippen molar-refractivity contribution in [1.82, 2.24) is 0 Å². The molecule has 1 rings (SSSR count). The average Bonchev–Trinajstić information content (AvgIpc) is 2.25. The Balaban J connectivity index is 2.88. The second kappa shape index (κ2) is 6.33. The van der Waals surface area contributed by atoms with Crippen LogP contribution in [0.1, 0.15) is 24.0 Å². The molecule has 0 saturated heterocycles. The monoisotopic (exact) mass is 250 g/mol. The molecule has 0 amide bonds. The van der Waals surface area contributed by atoms with Crippen LogP contribution in [0.25, 0.3) is 0 Å². The van der Waals surface area contributed by atoms with Crippen LogP contribution in [-0.2, 0) is 6.42 Å². The van der Waals surface area contributed by atoms with Gasteiger partial charge in [-0.3, -0.25) is 0 Å². The number of hydrogen-bond donors (Lipinski definition) is 0. The van der Waals surface area contributed by atoms with E-state index in [9.17, 15) is 8.78 Å². The summed E-state index contributed by atoms with van der Waals surface area (Å²) in [4.78, 5) is 0.929. The number of benzene rings is 1. The van der Waals surface area contributed by atoms with Gasteiger partial charge in [0.05, 0.1) is 0 Å². The Kier molecular flexibility index (Phi) is 5.40. The number of thioether (sulfide) groups is 1. The predicted octanol–water partition coefficient (Wildman–Crippen LogP) is 4.52. The van der Waals surface area contributed by atoms with Gasteiger partial charge < -0.3 is 0 Å². The molecule has 0 heterocycles.